The number of piperidine rings is 1. The zero-order chi connectivity index (χ0) is 37.3. The van der Waals surface area contributed by atoms with Gasteiger partial charge in [-0.25, -0.2) is 19.6 Å². The van der Waals surface area contributed by atoms with E-state index in [0.717, 1.165) is 88.8 Å². The van der Waals surface area contributed by atoms with Crippen LogP contribution in [0.2, 0.25) is 0 Å². The van der Waals surface area contributed by atoms with Crippen molar-refractivity contribution in [2.45, 2.75) is 76.5 Å². The molecule has 5 aromatic rings. The van der Waals surface area contributed by atoms with Gasteiger partial charge >= 0.3 is 12.2 Å². The second-order valence-corrected chi connectivity index (χ2v) is 16.1. The number of carbonyl (C=O) groups is 3. The molecule has 3 amide bonds. The van der Waals surface area contributed by atoms with Crippen LogP contribution in [0.25, 0.3) is 44.4 Å². The van der Waals surface area contributed by atoms with E-state index in [9.17, 15) is 19.5 Å². The van der Waals surface area contributed by atoms with Crippen molar-refractivity contribution in [2.75, 3.05) is 13.7 Å². The van der Waals surface area contributed by atoms with Crippen molar-refractivity contribution in [3.8, 4) is 33.6 Å². The third-order valence-corrected chi connectivity index (χ3v) is 12.4. The summed E-state index contributed by atoms with van der Waals surface area (Å²) in [7, 11) is 1.31. The maximum Gasteiger partial charge on any atom is 0.407 e. The molecule has 4 heterocycles. The first-order valence-electron chi connectivity index (χ1n) is 19.0. The largest absolute Gasteiger partial charge is 0.465 e. The Morgan fingerprint density at radius 3 is 2.19 bits per heavy atom. The number of H-pyrrole nitrogens is 2. The third-order valence-electron chi connectivity index (χ3n) is 12.4. The Kier molecular flexibility index (Phi) is 8.24. The van der Waals surface area contributed by atoms with Crippen LogP contribution < -0.4 is 5.32 Å². The Bertz CT molecular complexity index is 2260. The summed E-state index contributed by atoms with van der Waals surface area (Å²) in [6.07, 6.45) is 8.14. The molecule has 2 saturated carbocycles. The van der Waals surface area contributed by atoms with Gasteiger partial charge in [-0.3, -0.25) is 9.69 Å². The number of hydrogen-bond donors (Lipinski definition) is 4. The predicted octanol–water partition coefficient (Wildman–Crippen LogP) is 7.92. The number of carbonyl (C=O) groups excluding carboxylic acids is 2. The van der Waals surface area contributed by atoms with Crippen LogP contribution in [0.4, 0.5) is 9.59 Å². The van der Waals surface area contributed by atoms with Gasteiger partial charge in [-0.1, -0.05) is 62.4 Å². The van der Waals surface area contributed by atoms with Crippen molar-refractivity contribution in [3.05, 3.63) is 84.7 Å². The first kappa shape index (κ1) is 34.1. The molecule has 278 valence electrons. The number of rotatable bonds is 8. The average Bonchev–Trinajstić information content (AvgIpc) is 3.81. The van der Waals surface area contributed by atoms with E-state index in [2.05, 4.69) is 80.9 Å². The van der Waals surface area contributed by atoms with Gasteiger partial charge in [0.2, 0.25) is 5.91 Å². The monoisotopic (exact) mass is 727 g/mol. The molecule has 54 heavy (non-hydrogen) atoms. The normalized spacial score (nSPS) is 23.0. The van der Waals surface area contributed by atoms with Crippen molar-refractivity contribution in [1.29, 1.82) is 0 Å². The SMILES string of the molecule is COC(=O)NC(C(=O)N1C2CCC(C2)C1c1ncc(-c2ccc(-c3ccc4cc(-c5cnc(C6CC7(CC7)CN6C(=O)O)[nH]5)ccc4c3)cc2)[nH]1)C(C)C. The minimum absolute atomic E-state index is 0.0865. The minimum atomic E-state index is -0.881. The fourth-order valence-corrected chi connectivity index (χ4v) is 9.28. The maximum absolute atomic E-state index is 13.9. The lowest BCUT2D eigenvalue weighted by Gasteiger charge is -2.37. The van der Waals surface area contributed by atoms with E-state index < -0.39 is 18.2 Å². The summed E-state index contributed by atoms with van der Waals surface area (Å²) in [6.45, 7) is 4.46. The van der Waals surface area contributed by atoms with E-state index >= 15 is 0 Å². The van der Waals surface area contributed by atoms with Crippen molar-refractivity contribution in [1.82, 2.24) is 35.1 Å². The summed E-state index contributed by atoms with van der Waals surface area (Å²) >= 11 is 0. The topological polar surface area (TPSA) is 157 Å². The van der Waals surface area contributed by atoms with Crippen molar-refractivity contribution in [2.24, 2.45) is 17.3 Å². The number of carboxylic acid groups (broad SMARTS) is 1. The number of benzene rings is 3. The molecule has 5 unspecified atom stereocenters. The average molecular weight is 728 g/mol. The van der Waals surface area contributed by atoms with Crippen LogP contribution in [0.5, 0.6) is 0 Å². The summed E-state index contributed by atoms with van der Waals surface area (Å²) in [4.78, 5) is 57.9. The van der Waals surface area contributed by atoms with Crippen molar-refractivity contribution >= 4 is 28.9 Å². The number of alkyl carbamates (subject to hydrolysis) is 1. The smallest absolute Gasteiger partial charge is 0.407 e. The number of aromatic nitrogens is 4. The van der Waals surface area contributed by atoms with Gasteiger partial charge < -0.3 is 30.0 Å². The van der Waals surface area contributed by atoms with E-state index in [1.807, 2.05) is 31.1 Å². The Hall–Kier alpha value is -5.65. The molecule has 5 atom stereocenters. The van der Waals surface area contributed by atoms with Gasteiger partial charge in [0.1, 0.15) is 17.7 Å². The molecule has 2 saturated heterocycles. The van der Waals surface area contributed by atoms with Gasteiger partial charge in [-0.15, -0.1) is 0 Å². The molecular formula is C42H45N7O5. The van der Waals surface area contributed by atoms with Gasteiger partial charge in [0.15, 0.2) is 0 Å². The first-order chi connectivity index (χ1) is 26.1. The molecular weight excluding hydrogens is 683 g/mol. The number of ether oxygens (including phenoxy) is 1. The highest BCUT2D eigenvalue weighted by molar-refractivity contribution is 5.91. The van der Waals surface area contributed by atoms with Gasteiger partial charge in [-0.05, 0) is 95.4 Å². The highest BCUT2D eigenvalue weighted by atomic mass is 16.5. The Morgan fingerprint density at radius 1 is 0.870 bits per heavy atom. The van der Waals surface area contributed by atoms with Crippen LogP contribution in [0.1, 0.15) is 76.1 Å². The van der Waals surface area contributed by atoms with Crippen LogP contribution in [0.3, 0.4) is 0 Å². The second kappa shape index (κ2) is 13.0. The van der Waals surface area contributed by atoms with Crippen LogP contribution >= 0.6 is 0 Å². The van der Waals surface area contributed by atoms with E-state index in [-0.39, 0.29) is 35.4 Å². The molecule has 4 N–H and O–H groups in total. The quantitative estimate of drug-likeness (QED) is 0.127. The summed E-state index contributed by atoms with van der Waals surface area (Å²) in [6, 6.07) is 20.3. The predicted molar refractivity (Wildman–Crippen MR) is 203 cm³/mol. The minimum Gasteiger partial charge on any atom is -0.465 e. The van der Waals surface area contributed by atoms with E-state index in [4.69, 9.17) is 9.72 Å². The van der Waals surface area contributed by atoms with E-state index in [0.29, 0.717) is 18.3 Å². The number of nitrogens with one attached hydrogen (secondary N) is 3. The number of likely N-dealkylation sites (tertiary alicyclic amines) is 2. The molecule has 2 aliphatic carbocycles. The van der Waals surface area contributed by atoms with E-state index in [1.54, 1.807) is 4.90 Å². The Balaban J connectivity index is 0.906. The third kappa shape index (κ3) is 5.97. The molecule has 4 aliphatic rings. The van der Waals surface area contributed by atoms with Crippen LogP contribution in [0.15, 0.2) is 73.1 Å². The lowest BCUT2D eigenvalue weighted by atomic mass is 9.95. The number of imidazole rings is 2. The molecule has 0 radical (unpaired) electrons. The number of amides is 3. The van der Waals surface area contributed by atoms with Gasteiger partial charge in [0.05, 0.1) is 43.0 Å². The highest BCUT2D eigenvalue weighted by Crippen LogP contribution is 2.58. The highest BCUT2D eigenvalue weighted by Gasteiger charge is 2.55. The molecule has 2 aliphatic heterocycles. The fraction of sp³-hybridized carbons (Fsp3) is 0.405. The van der Waals surface area contributed by atoms with Gasteiger partial charge in [0.25, 0.3) is 0 Å². The zero-order valence-electron chi connectivity index (χ0n) is 30.7. The van der Waals surface area contributed by atoms with E-state index in [1.165, 1.54) is 7.11 Å². The Labute approximate surface area is 313 Å². The number of hydrogen-bond acceptors (Lipinski definition) is 6. The molecule has 2 bridgehead atoms. The second-order valence-electron chi connectivity index (χ2n) is 16.1. The van der Waals surface area contributed by atoms with Crippen molar-refractivity contribution in [3.63, 3.8) is 0 Å². The Morgan fingerprint density at radius 2 is 1.50 bits per heavy atom. The van der Waals surface area contributed by atoms with Gasteiger partial charge in [0, 0.05) is 18.2 Å². The molecule has 1 spiro atoms. The number of aromatic amines is 2. The summed E-state index contributed by atoms with van der Waals surface area (Å²) < 4.78 is 4.82. The molecule has 4 fully saturated rings. The molecule has 2 aromatic heterocycles. The molecule has 9 rings (SSSR count). The first-order valence-corrected chi connectivity index (χ1v) is 19.0. The van der Waals surface area contributed by atoms with Gasteiger partial charge in [-0.2, -0.15) is 0 Å². The summed E-state index contributed by atoms with van der Waals surface area (Å²) in [5.74, 6) is 1.64. The number of fused-ring (bicyclic) bond motifs is 3. The number of nitrogens with zero attached hydrogens (tertiary/aromatic N) is 4. The fourth-order valence-electron chi connectivity index (χ4n) is 9.28. The lowest BCUT2D eigenvalue weighted by molar-refractivity contribution is -0.139. The van der Waals surface area contributed by atoms with Crippen LogP contribution in [-0.2, 0) is 9.53 Å². The molecule has 12 nitrogen and oxygen atoms in total. The summed E-state index contributed by atoms with van der Waals surface area (Å²) in [5, 5.41) is 14.8. The zero-order valence-corrected chi connectivity index (χ0v) is 30.7. The van der Waals surface area contributed by atoms with Crippen LogP contribution in [0, 0.1) is 17.3 Å². The van der Waals surface area contributed by atoms with Crippen molar-refractivity contribution < 1.29 is 24.2 Å². The molecule has 12 heteroatoms. The standard InChI is InChI=1S/C42H45N7O5/c1-23(2)35(47-40(51)54-3)39(50)49-31-13-12-30(18-31)36(49)38-44-20-32(46-38)25-6-4-24(5-7-25)26-8-9-28-17-29(11-10-27(28)16-26)33-21-43-37(45-33)34-19-42(14-15-42)22-48(34)41(52)53/h4-11,16-17,20-21,23,30-31,34-36H,12-15,18-19,22H2,1-3H3,(H,43,45)(H,44,46)(H,47,51)(H,52,53). The maximum atomic E-state index is 13.9. The summed E-state index contributed by atoms with van der Waals surface area (Å²) in [5.41, 5.74) is 6.13. The van der Waals surface area contributed by atoms with Crippen LogP contribution in [-0.4, -0.2) is 78.7 Å². The number of methoxy groups -OCH3 is 1. The lowest BCUT2D eigenvalue weighted by Crippen LogP contribution is -2.54. The molecule has 3 aromatic carbocycles.